The molecule has 5 nitrogen and oxygen atoms in total. The maximum Gasteiger partial charge on any atom is 0.174 e. The molecule has 21 heavy (non-hydrogen) atoms. The van der Waals surface area contributed by atoms with Gasteiger partial charge in [0.25, 0.3) is 0 Å². The molecule has 0 aliphatic rings. The van der Waals surface area contributed by atoms with Crippen LogP contribution in [-0.4, -0.2) is 27.7 Å². The Morgan fingerprint density at radius 3 is 2.14 bits per heavy atom. The number of ether oxygens (including phenoxy) is 1. The van der Waals surface area contributed by atoms with Crippen LogP contribution >= 0.6 is 0 Å². The van der Waals surface area contributed by atoms with Crippen molar-refractivity contribution in [1.82, 2.24) is 0 Å². The van der Waals surface area contributed by atoms with E-state index >= 15 is 0 Å². The Hall–Kier alpha value is -2.69. The van der Waals surface area contributed by atoms with Crippen LogP contribution in [0.2, 0.25) is 0 Å². The standard InChI is InChI=1S/C16H16O5/c1-2-21-12-5-3-10(4-6-12)7-13(18)16-14(19)8-11(17)9-15(16)20/h3-6,8-9,17,19-20H,2,7H2,1H3. The number of benzene rings is 2. The summed E-state index contributed by atoms with van der Waals surface area (Å²) in [4.78, 5) is 12.1. The minimum absolute atomic E-state index is 0.0261. The summed E-state index contributed by atoms with van der Waals surface area (Å²) in [5, 5.41) is 28.6. The topological polar surface area (TPSA) is 87.0 Å². The minimum Gasteiger partial charge on any atom is -0.508 e. The Kier molecular flexibility index (Phi) is 4.33. The maximum absolute atomic E-state index is 12.1. The minimum atomic E-state index is -0.441. The van der Waals surface area contributed by atoms with Gasteiger partial charge in [0.05, 0.1) is 6.61 Å². The zero-order valence-corrected chi connectivity index (χ0v) is 11.5. The van der Waals surface area contributed by atoms with E-state index in [0.717, 1.165) is 17.7 Å². The molecular weight excluding hydrogens is 272 g/mol. The summed E-state index contributed by atoms with van der Waals surface area (Å²) in [6.45, 7) is 2.45. The van der Waals surface area contributed by atoms with E-state index < -0.39 is 17.3 Å². The van der Waals surface area contributed by atoms with Crippen LogP contribution in [0.1, 0.15) is 22.8 Å². The summed E-state index contributed by atoms with van der Waals surface area (Å²) < 4.78 is 5.31. The highest BCUT2D eigenvalue weighted by molar-refractivity contribution is 6.02. The van der Waals surface area contributed by atoms with E-state index in [4.69, 9.17) is 4.74 Å². The zero-order valence-electron chi connectivity index (χ0n) is 11.5. The first-order valence-electron chi connectivity index (χ1n) is 6.51. The van der Waals surface area contributed by atoms with E-state index in [2.05, 4.69) is 0 Å². The second-order valence-corrected chi connectivity index (χ2v) is 4.54. The Labute approximate surface area is 122 Å². The van der Waals surface area contributed by atoms with Crippen LogP contribution in [-0.2, 0) is 6.42 Å². The molecular formula is C16H16O5. The molecule has 3 N–H and O–H groups in total. The summed E-state index contributed by atoms with van der Waals surface area (Å²) >= 11 is 0. The smallest absolute Gasteiger partial charge is 0.174 e. The van der Waals surface area contributed by atoms with Crippen molar-refractivity contribution in [2.75, 3.05) is 6.61 Å². The van der Waals surface area contributed by atoms with Crippen molar-refractivity contribution < 1.29 is 24.9 Å². The van der Waals surface area contributed by atoms with Crippen molar-refractivity contribution in [3.63, 3.8) is 0 Å². The van der Waals surface area contributed by atoms with Gasteiger partial charge in [-0.15, -0.1) is 0 Å². The highest BCUT2D eigenvalue weighted by atomic mass is 16.5. The van der Waals surface area contributed by atoms with E-state index in [9.17, 15) is 20.1 Å². The summed E-state index contributed by atoms with van der Waals surface area (Å²) in [6, 6.07) is 9.04. The number of hydrogen-bond donors (Lipinski definition) is 3. The van der Waals surface area contributed by atoms with Crippen molar-refractivity contribution in [2.24, 2.45) is 0 Å². The molecule has 0 unspecified atom stereocenters. The van der Waals surface area contributed by atoms with Gasteiger partial charge < -0.3 is 20.1 Å². The second kappa shape index (κ2) is 6.17. The molecule has 0 heterocycles. The number of hydrogen-bond acceptors (Lipinski definition) is 5. The lowest BCUT2D eigenvalue weighted by atomic mass is 10.0. The predicted octanol–water partition coefficient (Wildman–Crippen LogP) is 2.63. The van der Waals surface area contributed by atoms with E-state index in [0.29, 0.717) is 12.4 Å². The van der Waals surface area contributed by atoms with Gasteiger partial charge >= 0.3 is 0 Å². The fourth-order valence-electron chi connectivity index (χ4n) is 2.03. The number of Topliss-reactive ketones (excluding diaryl/α,β-unsaturated/α-hetero) is 1. The van der Waals surface area contributed by atoms with Crippen LogP contribution in [0.25, 0.3) is 0 Å². The van der Waals surface area contributed by atoms with Gasteiger partial charge in [0.15, 0.2) is 5.78 Å². The summed E-state index contributed by atoms with van der Waals surface area (Å²) in [5.74, 6) is -0.910. The molecule has 0 aliphatic carbocycles. The van der Waals surface area contributed by atoms with E-state index in [-0.39, 0.29) is 17.7 Å². The number of carbonyl (C=O) groups is 1. The number of phenolic OH excluding ortho intramolecular Hbond substituents is 3. The van der Waals surface area contributed by atoms with Gasteiger partial charge in [-0.05, 0) is 24.6 Å². The van der Waals surface area contributed by atoms with Crippen LogP contribution in [0.4, 0.5) is 0 Å². The number of aromatic hydroxyl groups is 3. The molecule has 5 heteroatoms. The monoisotopic (exact) mass is 288 g/mol. The molecule has 2 aromatic rings. The molecule has 0 spiro atoms. The molecule has 0 atom stereocenters. The van der Waals surface area contributed by atoms with E-state index in [1.165, 1.54) is 0 Å². The van der Waals surface area contributed by atoms with Gasteiger partial charge in [-0.2, -0.15) is 0 Å². The fraction of sp³-hybridized carbons (Fsp3) is 0.188. The summed E-state index contributed by atoms with van der Waals surface area (Å²) in [6.07, 6.45) is 0.0261. The van der Waals surface area contributed by atoms with E-state index in [1.807, 2.05) is 6.92 Å². The Morgan fingerprint density at radius 2 is 1.62 bits per heavy atom. The molecule has 2 rings (SSSR count). The first-order chi connectivity index (χ1) is 10.0. The molecule has 0 aliphatic heterocycles. The van der Waals surface area contributed by atoms with Gasteiger partial charge in [-0.3, -0.25) is 4.79 Å². The average molecular weight is 288 g/mol. The molecule has 0 aromatic heterocycles. The third kappa shape index (κ3) is 3.45. The van der Waals surface area contributed by atoms with Gasteiger partial charge in [-0.1, -0.05) is 12.1 Å². The van der Waals surface area contributed by atoms with Crippen molar-refractivity contribution in [2.45, 2.75) is 13.3 Å². The summed E-state index contributed by atoms with van der Waals surface area (Å²) in [5.41, 5.74) is 0.539. The Bertz CT molecular complexity index is 623. The van der Waals surface area contributed by atoms with Gasteiger partial charge in [0.1, 0.15) is 28.6 Å². The van der Waals surface area contributed by atoms with Crippen molar-refractivity contribution >= 4 is 5.78 Å². The van der Waals surface area contributed by atoms with Crippen LogP contribution in [0.15, 0.2) is 36.4 Å². The lowest BCUT2D eigenvalue weighted by molar-refractivity contribution is 0.0987. The number of phenols is 3. The first-order valence-corrected chi connectivity index (χ1v) is 6.51. The average Bonchev–Trinajstić information content (AvgIpc) is 2.40. The molecule has 0 fully saturated rings. The van der Waals surface area contributed by atoms with Gasteiger partial charge in [0.2, 0.25) is 0 Å². The van der Waals surface area contributed by atoms with Crippen LogP contribution in [0.5, 0.6) is 23.0 Å². The molecule has 0 bridgehead atoms. The van der Waals surface area contributed by atoms with Crippen LogP contribution in [0, 0.1) is 0 Å². The maximum atomic E-state index is 12.1. The molecule has 0 amide bonds. The SMILES string of the molecule is CCOc1ccc(CC(=O)c2c(O)cc(O)cc2O)cc1. The van der Waals surface area contributed by atoms with E-state index in [1.54, 1.807) is 24.3 Å². The van der Waals surface area contributed by atoms with Crippen LogP contribution < -0.4 is 4.74 Å². The number of carbonyl (C=O) groups excluding carboxylic acids is 1. The fourth-order valence-corrected chi connectivity index (χ4v) is 2.03. The molecule has 0 saturated heterocycles. The highest BCUT2D eigenvalue weighted by Gasteiger charge is 2.18. The quantitative estimate of drug-likeness (QED) is 0.736. The van der Waals surface area contributed by atoms with Crippen molar-refractivity contribution in [1.29, 1.82) is 0 Å². The Balaban J connectivity index is 2.18. The molecule has 110 valence electrons. The zero-order chi connectivity index (χ0) is 15.4. The Morgan fingerprint density at radius 1 is 1.05 bits per heavy atom. The van der Waals surface area contributed by atoms with Gasteiger partial charge in [0, 0.05) is 18.6 Å². The number of ketones is 1. The van der Waals surface area contributed by atoms with Crippen LogP contribution in [0.3, 0.4) is 0 Å². The lowest BCUT2D eigenvalue weighted by Crippen LogP contribution is -2.04. The molecule has 0 radical (unpaired) electrons. The van der Waals surface area contributed by atoms with Crippen molar-refractivity contribution in [3.05, 3.63) is 47.5 Å². The molecule has 2 aromatic carbocycles. The van der Waals surface area contributed by atoms with Crippen molar-refractivity contribution in [3.8, 4) is 23.0 Å². The first kappa shape index (κ1) is 14.7. The third-order valence-corrected chi connectivity index (χ3v) is 2.96. The van der Waals surface area contributed by atoms with Gasteiger partial charge in [-0.25, -0.2) is 0 Å². The predicted molar refractivity (Wildman–Crippen MR) is 77.1 cm³/mol. The summed E-state index contributed by atoms with van der Waals surface area (Å²) in [7, 11) is 0. The lowest BCUT2D eigenvalue weighted by Gasteiger charge is -2.08. The highest BCUT2D eigenvalue weighted by Crippen LogP contribution is 2.32. The second-order valence-electron chi connectivity index (χ2n) is 4.54. The largest absolute Gasteiger partial charge is 0.508 e. The normalized spacial score (nSPS) is 10.3. The number of rotatable bonds is 5. The third-order valence-electron chi connectivity index (χ3n) is 2.96. The molecule has 0 saturated carbocycles.